The minimum absolute atomic E-state index is 0.0643. The first kappa shape index (κ1) is 20.2. The first-order chi connectivity index (χ1) is 11.6. The molecule has 1 aromatic carbocycles. The number of halogens is 3. The standard InChI is InChI=1S/C18H26F3NO2S/c1-14(15(2)25(23,24)17-6-4-3-5-7-17)8-11-22-12-9-16(10-13-22)18(19,20)21/h3-7,14-16H,8-13H2,1-2H3/t14-,15-/m1/s1. The molecule has 1 fully saturated rings. The molecule has 0 amide bonds. The van der Waals surface area contributed by atoms with Crippen molar-refractivity contribution in [1.29, 1.82) is 0 Å². The van der Waals surface area contributed by atoms with E-state index in [9.17, 15) is 21.6 Å². The van der Waals surface area contributed by atoms with Crippen LogP contribution in [0.3, 0.4) is 0 Å². The van der Waals surface area contributed by atoms with E-state index in [0.717, 1.165) is 0 Å². The van der Waals surface area contributed by atoms with Gasteiger partial charge in [0.1, 0.15) is 0 Å². The zero-order valence-corrected chi connectivity index (χ0v) is 15.5. The smallest absolute Gasteiger partial charge is 0.303 e. The summed E-state index contributed by atoms with van der Waals surface area (Å²) >= 11 is 0. The molecule has 1 aliphatic rings. The molecule has 0 spiro atoms. The number of hydrogen-bond acceptors (Lipinski definition) is 3. The van der Waals surface area contributed by atoms with Gasteiger partial charge in [0.05, 0.1) is 16.1 Å². The van der Waals surface area contributed by atoms with E-state index in [1.807, 2.05) is 11.8 Å². The zero-order chi connectivity index (χ0) is 18.7. The Morgan fingerprint density at radius 3 is 2.20 bits per heavy atom. The van der Waals surface area contributed by atoms with Crippen molar-refractivity contribution in [3.05, 3.63) is 30.3 Å². The topological polar surface area (TPSA) is 37.4 Å². The van der Waals surface area contributed by atoms with Gasteiger partial charge in [0.15, 0.2) is 9.84 Å². The Labute approximate surface area is 148 Å². The summed E-state index contributed by atoms with van der Waals surface area (Å²) in [7, 11) is -3.39. The van der Waals surface area contributed by atoms with Crippen LogP contribution >= 0.6 is 0 Å². The van der Waals surface area contributed by atoms with E-state index in [2.05, 4.69) is 0 Å². The van der Waals surface area contributed by atoms with Gasteiger partial charge < -0.3 is 4.90 Å². The van der Waals surface area contributed by atoms with E-state index in [-0.39, 0.29) is 18.8 Å². The van der Waals surface area contributed by atoms with Crippen LogP contribution in [-0.4, -0.2) is 44.4 Å². The average Bonchev–Trinajstić information content (AvgIpc) is 2.59. The molecule has 2 rings (SSSR count). The van der Waals surface area contributed by atoms with Crippen molar-refractivity contribution >= 4 is 9.84 Å². The summed E-state index contributed by atoms with van der Waals surface area (Å²) in [5, 5.41) is -0.525. The van der Waals surface area contributed by atoms with E-state index in [4.69, 9.17) is 0 Å². The Hall–Kier alpha value is -1.08. The highest BCUT2D eigenvalue weighted by Crippen LogP contribution is 2.34. The normalized spacial score (nSPS) is 20.4. The fourth-order valence-electron chi connectivity index (χ4n) is 3.24. The second kappa shape index (κ2) is 8.08. The van der Waals surface area contributed by atoms with Gasteiger partial charge in [0, 0.05) is 0 Å². The maximum Gasteiger partial charge on any atom is 0.391 e. The Kier molecular flexibility index (Phi) is 6.54. The van der Waals surface area contributed by atoms with Gasteiger partial charge in [-0.2, -0.15) is 13.2 Å². The third kappa shape index (κ3) is 5.20. The lowest BCUT2D eigenvalue weighted by atomic mass is 9.95. The van der Waals surface area contributed by atoms with E-state index >= 15 is 0 Å². The van der Waals surface area contributed by atoms with Gasteiger partial charge in [0.25, 0.3) is 0 Å². The molecule has 3 nitrogen and oxygen atoms in total. The van der Waals surface area contributed by atoms with Crippen LogP contribution in [0.5, 0.6) is 0 Å². The Morgan fingerprint density at radius 2 is 1.68 bits per heavy atom. The summed E-state index contributed by atoms with van der Waals surface area (Å²) in [6.07, 6.45) is -3.17. The SMILES string of the molecule is C[C@H](CCN1CCC(C(F)(F)F)CC1)[C@@H](C)S(=O)(=O)c1ccccc1. The van der Waals surface area contributed by atoms with Gasteiger partial charge in [-0.1, -0.05) is 25.1 Å². The Balaban J connectivity index is 1.85. The summed E-state index contributed by atoms with van der Waals surface area (Å²) in [5.74, 6) is -1.26. The number of nitrogens with zero attached hydrogens (tertiary/aromatic N) is 1. The molecule has 0 saturated carbocycles. The van der Waals surface area contributed by atoms with Crippen molar-refractivity contribution in [2.45, 2.75) is 49.4 Å². The van der Waals surface area contributed by atoms with Crippen molar-refractivity contribution in [2.24, 2.45) is 11.8 Å². The van der Waals surface area contributed by atoms with Gasteiger partial charge in [-0.25, -0.2) is 8.42 Å². The predicted molar refractivity (Wildman–Crippen MR) is 92.1 cm³/mol. The number of rotatable bonds is 6. The van der Waals surface area contributed by atoms with Crippen molar-refractivity contribution in [1.82, 2.24) is 4.90 Å². The molecule has 25 heavy (non-hydrogen) atoms. The molecule has 0 bridgehead atoms. The van der Waals surface area contributed by atoms with Gasteiger partial charge in [0.2, 0.25) is 0 Å². The molecule has 7 heteroatoms. The summed E-state index contributed by atoms with van der Waals surface area (Å²) in [6, 6.07) is 8.38. The number of hydrogen-bond donors (Lipinski definition) is 0. The van der Waals surface area contributed by atoms with E-state index in [1.54, 1.807) is 37.3 Å². The van der Waals surface area contributed by atoms with Crippen LogP contribution in [-0.2, 0) is 9.84 Å². The molecule has 1 aliphatic heterocycles. The lowest BCUT2D eigenvalue weighted by molar-refractivity contribution is -0.185. The Morgan fingerprint density at radius 1 is 1.12 bits per heavy atom. The molecular weight excluding hydrogens is 351 g/mol. The van der Waals surface area contributed by atoms with Crippen molar-refractivity contribution < 1.29 is 21.6 Å². The van der Waals surface area contributed by atoms with Crippen LogP contribution in [0.25, 0.3) is 0 Å². The highest BCUT2D eigenvalue weighted by Gasteiger charge is 2.41. The van der Waals surface area contributed by atoms with Gasteiger partial charge in [-0.05, 0) is 63.9 Å². The van der Waals surface area contributed by atoms with E-state index in [0.29, 0.717) is 31.0 Å². The first-order valence-corrected chi connectivity index (χ1v) is 10.2. The van der Waals surface area contributed by atoms with Gasteiger partial charge in [-0.3, -0.25) is 0 Å². The van der Waals surface area contributed by atoms with E-state index in [1.165, 1.54) is 0 Å². The summed E-state index contributed by atoms with van der Waals surface area (Å²) in [4.78, 5) is 2.33. The quantitative estimate of drug-likeness (QED) is 0.747. The van der Waals surface area contributed by atoms with Crippen LogP contribution in [0, 0.1) is 11.8 Å². The largest absolute Gasteiger partial charge is 0.391 e. The van der Waals surface area contributed by atoms with Crippen LogP contribution in [0.15, 0.2) is 35.2 Å². The maximum absolute atomic E-state index is 12.7. The number of piperidine rings is 1. The maximum atomic E-state index is 12.7. The third-order valence-electron chi connectivity index (χ3n) is 5.31. The van der Waals surface area contributed by atoms with Crippen LogP contribution in [0.2, 0.25) is 0 Å². The molecule has 0 radical (unpaired) electrons. The summed E-state index contributed by atoms with van der Waals surface area (Å²) < 4.78 is 63.4. The van der Waals surface area contributed by atoms with Gasteiger partial charge >= 0.3 is 6.18 Å². The molecule has 0 unspecified atom stereocenters. The molecule has 0 aliphatic carbocycles. The lowest BCUT2D eigenvalue weighted by Crippen LogP contribution is -2.40. The second-order valence-corrected chi connectivity index (χ2v) is 9.29. The van der Waals surface area contributed by atoms with Crippen LogP contribution in [0.4, 0.5) is 13.2 Å². The second-order valence-electron chi connectivity index (χ2n) is 6.99. The third-order valence-corrected chi connectivity index (χ3v) is 7.69. The van der Waals surface area contributed by atoms with Crippen LogP contribution in [0.1, 0.15) is 33.1 Å². The van der Waals surface area contributed by atoms with Crippen molar-refractivity contribution in [2.75, 3.05) is 19.6 Å². The fraction of sp³-hybridized carbons (Fsp3) is 0.667. The van der Waals surface area contributed by atoms with Gasteiger partial charge in [-0.15, -0.1) is 0 Å². The number of sulfone groups is 1. The number of benzene rings is 1. The summed E-state index contributed by atoms with van der Waals surface area (Å²) in [5.41, 5.74) is 0. The molecule has 0 aromatic heterocycles. The summed E-state index contributed by atoms with van der Waals surface area (Å²) in [6.45, 7) is 5.10. The average molecular weight is 377 g/mol. The molecule has 0 N–H and O–H groups in total. The zero-order valence-electron chi connectivity index (χ0n) is 14.7. The highest BCUT2D eigenvalue weighted by molar-refractivity contribution is 7.92. The first-order valence-electron chi connectivity index (χ1n) is 8.70. The molecule has 1 saturated heterocycles. The van der Waals surface area contributed by atoms with Crippen LogP contribution < -0.4 is 0 Å². The highest BCUT2D eigenvalue weighted by atomic mass is 32.2. The number of likely N-dealkylation sites (tertiary alicyclic amines) is 1. The lowest BCUT2D eigenvalue weighted by Gasteiger charge is -2.33. The minimum Gasteiger partial charge on any atom is -0.303 e. The van der Waals surface area contributed by atoms with Crippen molar-refractivity contribution in [3.63, 3.8) is 0 Å². The number of alkyl halides is 3. The van der Waals surface area contributed by atoms with Crippen molar-refractivity contribution in [3.8, 4) is 0 Å². The molecular formula is C18H26F3NO2S. The monoisotopic (exact) mass is 377 g/mol. The fourth-order valence-corrected chi connectivity index (χ4v) is 4.95. The molecule has 1 aromatic rings. The molecule has 2 atom stereocenters. The predicted octanol–water partition coefficient (Wildman–Crippen LogP) is 4.15. The van der Waals surface area contributed by atoms with E-state index < -0.39 is 27.2 Å². The molecule has 142 valence electrons. The minimum atomic E-state index is -4.10. The molecule has 1 heterocycles. The Bertz CT molecular complexity index is 638.